The van der Waals surface area contributed by atoms with E-state index in [4.69, 9.17) is 0 Å². The van der Waals surface area contributed by atoms with Crippen LogP contribution in [-0.4, -0.2) is 0 Å². The molecule has 0 aromatic heterocycles. The molecular formula is C21H24. The molecule has 0 aliphatic carbocycles. The fourth-order valence-electron chi connectivity index (χ4n) is 2.42. The lowest BCUT2D eigenvalue weighted by molar-refractivity contribution is 1.21. The largest absolute Gasteiger partial charge is 0.0955 e. The van der Waals surface area contributed by atoms with E-state index < -0.39 is 0 Å². The van der Waals surface area contributed by atoms with E-state index >= 15 is 0 Å². The Balaban J connectivity index is 2.28. The predicted molar refractivity (Wildman–Crippen MR) is 94.5 cm³/mol. The van der Waals surface area contributed by atoms with Crippen molar-refractivity contribution in [2.24, 2.45) is 0 Å². The van der Waals surface area contributed by atoms with E-state index in [0.29, 0.717) is 0 Å². The van der Waals surface area contributed by atoms with Crippen molar-refractivity contribution in [3.8, 4) is 0 Å². The minimum absolute atomic E-state index is 0.884. The second-order valence-electron chi connectivity index (χ2n) is 6.00. The minimum Gasteiger partial charge on any atom is -0.0955 e. The molecule has 21 heavy (non-hydrogen) atoms. The molecule has 0 radical (unpaired) electrons. The van der Waals surface area contributed by atoms with E-state index in [1.54, 1.807) is 0 Å². The zero-order chi connectivity index (χ0) is 15.6. The zero-order valence-electron chi connectivity index (χ0n) is 13.6. The molecule has 108 valence electrons. The quantitative estimate of drug-likeness (QED) is 0.652. The van der Waals surface area contributed by atoms with Crippen LogP contribution in [0.15, 0.2) is 49.6 Å². The maximum absolute atomic E-state index is 4.28. The van der Waals surface area contributed by atoms with Gasteiger partial charge in [-0.25, -0.2) is 0 Å². The van der Waals surface area contributed by atoms with Gasteiger partial charge in [0.15, 0.2) is 0 Å². The third-order valence-electron chi connectivity index (χ3n) is 4.16. The molecule has 0 saturated carbocycles. The normalized spacial score (nSPS) is 10.5. The first-order valence-corrected chi connectivity index (χ1v) is 7.39. The van der Waals surface area contributed by atoms with E-state index in [9.17, 15) is 0 Å². The van der Waals surface area contributed by atoms with Gasteiger partial charge in [0.2, 0.25) is 0 Å². The molecule has 0 amide bonds. The Hall–Kier alpha value is -2.08. The topological polar surface area (TPSA) is 0 Å². The third kappa shape index (κ3) is 3.52. The highest BCUT2D eigenvalue weighted by Gasteiger charge is 2.06. The van der Waals surface area contributed by atoms with E-state index in [2.05, 4.69) is 70.3 Å². The average Bonchev–Trinajstić information content (AvgIpc) is 2.43. The van der Waals surface area contributed by atoms with Gasteiger partial charge in [-0.2, -0.15) is 0 Å². The number of hydrogen-bond donors (Lipinski definition) is 0. The van der Waals surface area contributed by atoms with E-state index in [-0.39, 0.29) is 0 Å². The van der Waals surface area contributed by atoms with Crippen molar-refractivity contribution in [2.75, 3.05) is 0 Å². The molecule has 0 aliphatic rings. The van der Waals surface area contributed by atoms with Crippen LogP contribution < -0.4 is 0 Å². The molecule has 0 saturated heterocycles. The van der Waals surface area contributed by atoms with Crippen LogP contribution in [0.4, 0.5) is 0 Å². The summed E-state index contributed by atoms with van der Waals surface area (Å²) in [5, 5.41) is 0. The number of benzene rings is 2. The van der Waals surface area contributed by atoms with Crippen LogP contribution in [-0.2, 0) is 6.42 Å². The Morgan fingerprint density at radius 2 is 1.43 bits per heavy atom. The van der Waals surface area contributed by atoms with E-state index in [0.717, 1.165) is 12.0 Å². The van der Waals surface area contributed by atoms with Gasteiger partial charge in [-0.05, 0) is 73.1 Å². The van der Waals surface area contributed by atoms with Gasteiger partial charge >= 0.3 is 0 Å². The van der Waals surface area contributed by atoms with Gasteiger partial charge in [-0.3, -0.25) is 0 Å². The van der Waals surface area contributed by atoms with Gasteiger partial charge in [-0.1, -0.05) is 55.1 Å². The van der Waals surface area contributed by atoms with Crippen LogP contribution in [0.5, 0.6) is 0 Å². The summed E-state index contributed by atoms with van der Waals surface area (Å²) in [4.78, 5) is 0. The van der Waals surface area contributed by atoms with E-state index in [1.807, 2.05) is 6.92 Å². The van der Waals surface area contributed by atoms with Crippen LogP contribution in [0.3, 0.4) is 0 Å². The first-order valence-electron chi connectivity index (χ1n) is 7.39. The second kappa shape index (κ2) is 6.13. The van der Waals surface area contributed by atoms with Gasteiger partial charge in [-0.15, -0.1) is 0 Å². The van der Waals surface area contributed by atoms with Crippen molar-refractivity contribution < 1.29 is 0 Å². The first kappa shape index (κ1) is 15.3. The number of rotatable bonds is 4. The molecule has 2 aromatic carbocycles. The highest BCUT2D eigenvalue weighted by Crippen LogP contribution is 2.24. The molecule has 0 heterocycles. The summed E-state index contributed by atoms with van der Waals surface area (Å²) < 4.78 is 0. The van der Waals surface area contributed by atoms with Crippen molar-refractivity contribution in [2.45, 2.75) is 34.1 Å². The first-order chi connectivity index (χ1) is 9.88. The fourth-order valence-corrected chi connectivity index (χ4v) is 2.42. The van der Waals surface area contributed by atoms with Crippen LogP contribution >= 0.6 is 0 Å². The zero-order valence-corrected chi connectivity index (χ0v) is 13.6. The lowest BCUT2D eigenvalue weighted by atomic mass is 9.93. The Labute approximate surface area is 128 Å². The summed E-state index contributed by atoms with van der Waals surface area (Å²) in [6.07, 6.45) is 0.884. The number of allylic oxidation sites excluding steroid dienone is 2. The molecule has 0 aliphatic heterocycles. The van der Waals surface area contributed by atoms with Crippen LogP contribution in [0, 0.1) is 20.8 Å². The molecule has 0 atom stereocenters. The van der Waals surface area contributed by atoms with Crippen molar-refractivity contribution >= 4 is 11.1 Å². The summed E-state index contributed by atoms with van der Waals surface area (Å²) in [5.41, 5.74) is 10.0. The third-order valence-corrected chi connectivity index (χ3v) is 4.16. The van der Waals surface area contributed by atoms with Gasteiger partial charge in [0.1, 0.15) is 0 Å². The number of aryl methyl sites for hydroxylation is 3. The van der Waals surface area contributed by atoms with Crippen molar-refractivity contribution in [3.63, 3.8) is 0 Å². The summed E-state index contributed by atoms with van der Waals surface area (Å²) in [6.45, 7) is 16.8. The van der Waals surface area contributed by atoms with Crippen molar-refractivity contribution in [1.82, 2.24) is 0 Å². The van der Waals surface area contributed by atoms with Crippen LogP contribution in [0.2, 0.25) is 0 Å². The fraction of sp³-hybridized carbons (Fsp3) is 0.238. The molecular weight excluding hydrogens is 252 g/mol. The highest BCUT2D eigenvalue weighted by atomic mass is 14.1. The maximum Gasteiger partial charge on any atom is -0.00229 e. The standard InChI is InChI=1S/C21H24/c1-14(2)19-9-8-16(4)21(13-19)12-18(6)20-10-7-15(3)17(5)11-20/h7-11,13H,1,6,12H2,2-5H3. The monoisotopic (exact) mass is 276 g/mol. The Morgan fingerprint density at radius 1 is 0.810 bits per heavy atom. The minimum atomic E-state index is 0.884. The average molecular weight is 276 g/mol. The SMILES string of the molecule is C=C(C)c1ccc(C)c(CC(=C)c2ccc(C)c(C)c2)c1. The smallest absolute Gasteiger partial charge is 0.00229 e. The van der Waals surface area contributed by atoms with Crippen LogP contribution in [0.25, 0.3) is 11.1 Å². The molecule has 0 bridgehead atoms. The Kier molecular flexibility index (Phi) is 4.47. The predicted octanol–water partition coefficient (Wildman–Crippen LogP) is 5.90. The summed E-state index contributed by atoms with van der Waals surface area (Å²) in [5.74, 6) is 0. The summed E-state index contributed by atoms with van der Waals surface area (Å²) >= 11 is 0. The van der Waals surface area contributed by atoms with E-state index in [1.165, 1.54) is 39.0 Å². The molecule has 2 rings (SSSR count). The van der Waals surface area contributed by atoms with Gasteiger partial charge < -0.3 is 0 Å². The van der Waals surface area contributed by atoms with Crippen molar-refractivity contribution in [3.05, 3.63) is 82.9 Å². The van der Waals surface area contributed by atoms with Crippen molar-refractivity contribution in [1.29, 1.82) is 0 Å². The lowest BCUT2D eigenvalue weighted by Gasteiger charge is -2.12. The summed E-state index contributed by atoms with van der Waals surface area (Å²) in [7, 11) is 0. The molecule has 0 unspecified atom stereocenters. The molecule has 0 nitrogen and oxygen atoms in total. The molecule has 2 aromatic rings. The number of hydrogen-bond acceptors (Lipinski definition) is 0. The van der Waals surface area contributed by atoms with Gasteiger partial charge in [0, 0.05) is 0 Å². The Bertz CT molecular complexity index is 702. The molecule has 0 N–H and O–H groups in total. The van der Waals surface area contributed by atoms with Gasteiger partial charge in [0.25, 0.3) is 0 Å². The molecule has 0 heteroatoms. The molecule has 0 spiro atoms. The molecule has 0 fully saturated rings. The summed E-state index contributed by atoms with van der Waals surface area (Å²) in [6, 6.07) is 13.1. The Morgan fingerprint density at radius 3 is 2.05 bits per heavy atom. The maximum atomic E-state index is 4.28. The highest BCUT2D eigenvalue weighted by molar-refractivity contribution is 5.69. The van der Waals surface area contributed by atoms with Crippen LogP contribution in [0.1, 0.15) is 40.3 Å². The second-order valence-corrected chi connectivity index (χ2v) is 6.00. The van der Waals surface area contributed by atoms with Gasteiger partial charge in [0.05, 0.1) is 0 Å². The lowest BCUT2D eigenvalue weighted by Crippen LogP contribution is -1.95.